The molecule has 0 amide bonds. The number of fused-ring (bicyclic) bond motifs is 1. The van der Waals surface area contributed by atoms with Gasteiger partial charge in [0.25, 0.3) is 5.56 Å². The standard InChI is InChI=1S/C13H15NO4/c1-16-13(17-2,18-3)11-8-9-6-4-5-7-10(9)12(15)14-11/h4-8H,1-3H3,(H,14,15). The molecule has 1 aromatic heterocycles. The Bertz CT molecular complexity index is 593. The van der Waals surface area contributed by atoms with E-state index >= 15 is 0 Å². The molecule has 0 unspecified atom stereocenters. The van der Waals surface area contributed by atoms with Gasteiger partial charge in [-0.2, -0.15) is 0 Å². The normalized spacial score (nSPS) is 11.9. The summed E-state index contributed by atoms with van der Waals surface area (Å²) < 4.78 is 15.6. The molecule has 2 aromatic rings. The Morgan fingerprint density at radius 1 is 1.06 bits per heavy atom. The average molecular weight is 249 g/mol. The Hall–Kier alpha value is -1.69. The molecule has 0 fully saturated rings. The molecule has 18 heavy (non-hydrogen) atoms. The second kappa shape index (κ2) is 4.89. The van der Waals surface area contributed by atoms with Crippen molar-refractivity contribution < 1.29 is 14.2 Å². The first-order chi connectivity index (χ1) is 8.66. The first kappa shape index (κ1) is 12.8. The summed E-state index contributed by atoms with van der Waals surface area (Å²) in [7, 11) is 4.33. The van der Waals surface area contributed by atoms with Crippen LogP contribution in [0.3, 0.4) is 0 Å². The van der Waals surface area contributed by atoms with Crippen LogP contribution in [0.2, 0.25) is 0 Å². The van der Waals surface area contributed by atoms with E-state index in [-0.39, 0.29) is 5.56 Å². The van der Waals surface area contributed by atoms with Gasteiger partial charge in [-0.15, -0.1) is 0 Å². The van der Waals surface area contributed by atoms with Crippen LogP contribution < -0.4 is 5.56 Å². The SMILES string of the molecule is COC(OC)(OC)c1cc2ccccc2c(=O)[nH]1. The molecular weight excluding hydrogens is 234 g/mol. The zero-order valence-corrected chi connectivity index (χ0v) is 10.5. The van der Waals surface area contributed by atoms with Crippen LogP contribution in [-0.2, 0) is 20.2 Å². The first-order valence-electron chi connectivity index (χ1n) is 5.45. The summed E-state index contributed by atoms with van der Waals surface area (Å²) in [4.78, 5) is 14.7. The molecule has 1 N–H and O–H groups in total. The molecule has 0 atom stereocenters. The third kappa shape index (κ3) is 1.92. The zero-order chi connectivity index (χ0) is 13.2. The molecule has 0 spiro atoms. The lowest BCUT2D eigenvalue weighted by Gasteiger charge is -2.28. The molecule has 96 valence electrons. The number of methoxy groups -OCH3 is 3. The Morgan fingerprint density at radius 2 is 1.67 bits per heavy atom. The number of aromatic nitrogens is 1. The lowest BCUT2D eigenvalue weighted by atomic mass is 10.1. The van der Waals surface area contributed by atoms with Gasteiger partial charge in [0.1, 0.15) is 5.69 Å². The minimum atomic E-state index is -1.40. The fourth-order valence-corrected chi connectivity index (χ4v) is 1.96. The highest BCUT2D eigenvalue weighted by molar-refractivity contribution is 5.81. The van der Waals surface area contributed by atoms with Gasteiger partial charge < -0.3 is 19.2 Å². The fraction of sp³-hybridized carbons (Fsp3) is 0.308. The van der Waals surface area contributed by atoms with E-state index in [0.29, 0.717) is 11.1 Å². The van der Waals surface area contributed by atoms with Crippen molar-refractivity contribution in [1.29, 1.82) is 0 Å². The minimum absolute atomic E-state index is 0.210. The molecule has 0 aliphatic rings. The molecule has 0 saturated carbocycles. The number of pyridine rings is 1. The highest BCUT2D eigenvalue weighted by Gasteiger charge is 2.34. The smallest absolute Gasteiger partial charge is 0.326 e. The number of nitrogens with one attached hydrogen (secondary N) is 1. The summed E-state index contributed by atoms with van der Waals surface area (Å²) in [5.41, 5.74) is 0.206. The van der Waals surface area contributed by atoms with Gasteiger partial charge in [-0.25, -0.2) is 0 Å². The van der Waals surface area contributed by atoms with Crippen molar-refractivity contribution in [2.45, 2.75) is 5.97 Å². The maximum atomic E-state index is 12.0. The lowest BCUT2D eigenvalue weighted by molar-refractivity contribution is -0.366. The van der Waals surface area contributed by atoms with Crippen molar-refractivity contribution in [3.8, 4) is 0 Å². The highest BCUT2D eigenvalue weighted by atomic mass is 16.9. The van der Waals surface area contributed by atoms with E-state index < -0.39 is 5.97 Å². The maximum Gasteiger partial charge on any atom is 0.327 e. The molecule has 0 aliphatic carbocycles. The number of H-pyrrole nitrogens is 1. The topological polar surface area (TPSA) is 60.6 Å². The predicted molar refractivity (Wildman–Crippen MR) is 67.3 cm³/mol. The van der Waals surface area contributed by atoms with Gasteiger partial charge in [-0.1, -0.05) is 18.2 Å². The summed E-state index contributed by atoms with van der Waals surface area (Å²) in [6.45, 7) is 0. The Morgan fingerprint density at radius 3 is 2.28 bits per heavy atom. The molecule has 0 aliphatic heterocycles. The Labute approximate surface area is 104 Å². The summed E-state index contributed by atoms with van der Waals surface area (Å²) in [5.74, 6) is -1.40. The molecule has 0 bridgehead atoms. The van der Waals surface area contributed by atoms with E-state index in [1.807, 2.05) is 18.2 Å². The number of ether oxygens (including phenoxy) is 3. The monoisotopic (exact) mass is 249 g/mol. The van der Waals surface area contributed by atoms with Crippen LogP contribution in [0.15, 0.2) is 35.1 Å². The van der Waals surface area contributed by atoms with Crippen LogP contribution in [0.25, 0.3) is 10.8 Å². The van der Waals surface area contributed by atoms with Gasteiger partial charge in [-0.05, 0) is 17.5 Å². The molecule has 0 saturated heterocycles. The van der Waals surface area contributed by atoms with Crippen molar-refractivity contribution in [3.05, 3.63) is 46.4 Å². The van der Waals surface area contributed by atoms with E-state index in [2.05, 4.69) is 4.98 Å². The average Bonchev–Trinajstić information content (AvgIpc) is 2.42. The molecule has 5 nitrogen and oxygen atoms in total. The first-order valence-corrected chi connectivity index (χ1v) is 5.45. The molecule has 2 rings (SSSR count). The van der Waals surface area contributed by atoms with Crippen molar-refractivity contribution in [2.24, 2.45) is 0 Å². The van der Waals surface area contributed by atoms with Gasteiger partial charge in [0.2, 0.25) is 0 Å². The van der Waals surface area contributed by atoms with Crippen molar-refractivity contribution in [1.82, 2.24) is 4.98 Å². The van der Waals surface area contributed by atoms with Crippen LogP contribution in [0, 0.1) is 0 Å². The summed E-state index contributed by atoms with van der Waals surface area (Å²) in [5, 5.41) is 1.41. The third-order valence-corrected chi connectivity index (χ3v) is 2.89. The van der Waals surface area contributed by atoms with E-state index in [1.165, 1.54) is 21.3 Å². The molecule has 1 heterocycles. The maximum absolute atomic E-state index is 12.0. The minimum Gasteiger partial charge on any atom is -0.326 e. The molecule has 5 heteroatoms. The van der Waals surface area contributed by atoms with Crippen molar-refractivity contribution in [2.75, 3.05) is 21.3 Å². The van der Waals surface area contributed by atoms with Crippen LogP contribution in [-0.4, -0.2) is 26.3 Å². The zero-order valence-electron chi connectivity index (χ0n) is 10.5. The Balaban J connectivity index is 2.69. The summed E-state index contributed by atoms with van der Waals surface area (Å²) >= 11 is 0. The van der Waals surface area contributed by atoms with Crippen LogP contribution in [0.1, 0.15) is 5.69 Å². The largest absolute Gasteiger partial charge is 0.327 e. The molecule has 0 radical (unpaired) electrons. The van der Waals surface area contributed by atoms with Crippen molar-refractivity contribution >= 4 is 10.8 Å². The van der Waals surface area contributed by atoms with Gasteiger partial charge in [-0.3, -0.25) is 4.79 Å². The number of benzene rings is 1. The van der Waals surface area contributed by atoms with Crippen LogP contribution in [0.5, 0.6) is 0 Å². The van der Waals surface area contributed by atoms with Crippen LogP contribution >= 0.6 is 0 Å². The van der Waals surface area contributed by atoms with Gasteiger partial charge in [0.15, 0.2) is 0 Å². The number of hydrogen-bond acceptors (Lipinski definition) is 4. The molecule has 1 aromatic carbocycles. The molecular formula is C13H15NO4. The van der Waals surface area contributed by atoms with E-state index in [4.69, 9.17) is 14.2 Å². The fourth-order valence-electron chi connectivity index (χ4n) is 1.96. The lowest BCUT2D eigenvalue weighted by Crippen LogP contribution is -2.35. The highest BCUT2D eigenvalue weighted by Crippen LogP contribution is 2.26. The summed E-state index contributed by atoms with van der Waals surface area (Å²) in [6.07, 6.45) is 0. The second-order valence-corrected chi connectivity index (χ2v) is 3.77. The number of hydrogen-bond donors (Lipinski definition) is 1. The quantitative estimate of drug-likeness (QED) is 0.836. The van der Waals surface area contributed by atoms with Gasteiger partial charge in [0.05, 0.1) is 0 Å². The number of aromatic amines is 1. The van der Waals surface area contributed by atoms with E-state index in [9.17, 15) is 4.79 Å². The van der Waals surface area contributed by atoms with Crippen LogP contribution in [0.4, 0.5) is 0 Å². The summed E-state index contributed by atoms with van der Waals surface area (Å²) in [6, 6.07) is 9.05. The number of rotatable bonds is 4. The predicted octanol–water partition coefficient (Wildman–Crippen LogP) is 1.58. The van der Waals surface area contributed by atoms with Crippen molar-refractivity contribution in [3.63, 3.8) is 0 Å². The van der Waals surface area contributed by atoms with Gasteiger partial charge in [0, 0.05) is 26.7 Å². The van der Waals surface area contributed by atoms with E-state index in [0.717, 1.165) is 5.39 Å². The van der Waals surface area contributed by atoms with E-state index in [1.54, 1.807) is 12.1 Å². The third-order valence-electron chi connectivity index (χ3n) is 2.89. The van der Waals surface area contributed by atoms with Gasteiger partial charge >= 0.3 is 5.97 Å². The second-order valence-electron chi connectivity index (χ2n) is 3.77. The Kier molecular flexibility index (Phi) is 3.47.